The molecule has 1 unspecified atom stereocenters. The Labute approximate surface area is 127 Å². The van der Waals surface area contributed by atoms with E-state index < -0.39 is 17.9 Å². The van der Waals surface area contributed by atoms with Crippen molar-refractivity contribution in [2.75, 3.05) is 5.32 Å². The third-order valence-electron chi connectivity index (χ3n) is 2.62. The predicted molar refractivity (Wildman–Crippen MR) is 81.0 cm³/mol. The Bertz CT molecular complexity index is 643. The number of rotatable bonds is 5. The zero-order valence-electron chi connectivity index (χ0n) is 10.2. The van der Waals surface area contributed by atoms with Crippen LogP contribution in [-0.4, -0.2) is 17.0 Å². The molecule has 7 heteroatoms. The third-order valence-corrected chi connectivity index (χ3v) is 4.21. The molecule has 4 N–H and O–H groups in total. The van der Waals surface area contributed by atoms with Gasteiger partial charge in [-0.25, -0.2) is 4.79 Å². The van der Waals surface area contributed by atoms with Gasteiger partial charge in [0.2, 0.25) is 5.91 Å². The molecular formula is C13H11BrN2O3S. The standard InChI is InChI=1S/C13H11BrN2O3S/c14-9-6-7(3-4-8(9)12(15)17)16-11(13(18)19)10-2-1-5-20-10/h1-6,11,16H,(H2,15,17)(H,18,19). The Morgan fingerprint density at radius 3 is 2.60 bits per heavy atom. The van der Waals surface area contributed by atoms with Crippen LogP contribution in [0.15, 0.2) is 40.2 Å². The van der Waals surface area contributed by atoms with Crippen LogP contribution in [0.4, 0.5) is 5.69 Å². The Morgan fingerprint density at radius 1 is 1.35 bits per heavy atom. The van der Waals surface area contributed by atoms with Crippen molar-refractivity contribution in [3.63, 3.8) is 0 Å². The molecule has 1 heterocycles. The van der Waals surface area contributed by atoms with E-state index in [2.05, 4.69) is 21.2 Å². The summed E-state index contributed by atoms with van der Waals surface area (Å²) in [6, 6.07) is 7.51. The molecule has 1 amide bonds. The van der Waals surface area contributed by atoms with Crippen molar-refractivity contribution in [1.82, 2.24) is 0 Å². The van der Waals surface area contributed by atoms with Crippen molar-refractivity contribution >= 4 is 44.8 Å². The first-order valence-electron chi connectivity index (χ1n) is 5.61. The van der Waals surface area contributed by atoms with Gasteiger partial charge in [0.05, 0.1) is 5.56 Å². The van der Waals surface area contributed by atoms with Gasteiger partial charge in [0.1, 0.15) is 0 Å². The number of thiophene rings is 1. The second-order valence-corrected chi connectivity index (χ2v) is 5.82. The molecule has 0 aliphatic rings. The number of aliphatic carboxylic acids is 1. The summed E-state index contributed by atoms with van der Waals surface area (Å²) in [5, 5.41) is 14.0. The van der Waals surface area contributed by atoms with Gasteiger partial charge in [0, 0.05) is 15.0 Å². The van der Waals surface area contributed by atoms with Gasteiger partial charge in [0.15, 0.2) is 6.04 Å². The molecule has 1 aromatic heterocycles. The fourth-order valence-electron chi connectivity index (χ4n) is 1.68. The number of nitrogens with two attached hydrogens (primary N) is 1. The number of carbonyl (C=O) groups excluding carboxylic acids is 1. The summed E-state index contributed by atoms with van der Waals surface area (Å²) in [5.74, 6) is -1.51. The number of carboxylic acids is 1. The van der Waals surface area contributed by atoms with E-state index in [1.165, 1.54) is 11.3 Å². The van der Waals surface area contributed by atoms with Crippen LogP contribution in [0.1, 0.15) is 21.3 Å². The largest absolute Gasteiger partial charge is 0.479 e. The van der Waals surface area contributed by atoms with Crippen LogP contribution in [0.3, 0.4) is 0 Å². The molecule has 0 aliphatic heterocycles. The molecule has 5 nitrogen and oxygen atoms in total. The lowest BCUT2D eigenvalue weighted by Crippen LogP contribution is -2.19. The molecule has 0 aliphatic carbocycles. The van der Waals surface area contributed by atoms with Gasteiger partial charge in [-0.15, -0.1) is 11.3 Å². The highest BCUT2D eigenvalue weighted by molar-refractivity contribution is 9.10. The summed E-state index contributed by atoms with van der Waals surface area (Å²) in [7, 11) is 0. The monoisotopic (exact) mass is 354 g/mol. The topological polar surface area (TPSA) is 92.4 Å². The van der Waals surface area contributed by atoms with Crippen LogP contribution < -0.4 is 11.1 Å². The number of benzene rings is 1. The number of hydrogen-bond acceptors (Lipinski definition) is 4. The number of primary amides is 1. The quantitative estimate of drug-likeness (QED) is 0.769. The molecule has 104 valence electrons. The molecule has 1 aromatic carbocycles. The first kappa shape index (κ1) is 14.5. The van der Waals surface area contributed by atoms with E-state index >= 15 is 0 Å². The average Bonchev–Trinajstić information content (AvgIpc) is 2.88. The van der Waals surface area contributed by atoms with Crippen molar-refractivity contribution in [2.45, 2.75) is 6.04 Å². The van der Waals surface area contributed by atoms with E-state index in [1.54, 1.807) is 30.3 Å². The Hall–Kier alpha value is -1.86. The maximum Gasteiger partial charge on any atom is 0.331 e. The van der Waals surface area contributed by atoms with Crippen molar-refractivity contribution < 1.29 is 14.7 Å². The van der Waals surface area contributed by atoms with Crippen LogP contribution in [-0.2, 0) is 4.79 Å². The maximum absolute atomic E-state index is 11.3. The first-order valence-corrected chi connectivity index (χ1v) is 7.28. The van der Waals surface area contributed by atoms with Crippen molar-refractivity contribution in [1.29, 1.82) is 0 Å². The number of carboxylic acid groups (broad SMARTS) is 1. The fraction of sp³-hybridized carbons (Fsp3) is 0.0769. The van der Waals surface area contributed by atoms with Crippen molar-refractivity contribution in [3.8, 4) is 0 Å². The molecule has 2 aromatic rings. The summed E-state index contributed by atoms with van der Waals surface area (Å²) < 4.78 is 0.519. The van der Waals surface area contributed by atoms with Crippen LogP contribution in [0, 0.1) is 0 Å². The molecule has 1 atom stereocenters. The normalized spacial score (nSPS) is 11.8. The van der Waals surface area contributed by atoms with Gasteiger partial charge in [-0.1, -0.05) is 6.07 Å². The lowest BCUT2D eigenvalue weighted by Gasteiger charge is -2.15. The Kier molecular flexibility index (Phi) is 4.41. The highest BCUT2D eigenvalue weighted by atomic mass is 79.9. The van der Waals surface area contributed by atoms with Gasteiger partial charge >= 0.3 is 5.97 Å². The zero-order valence-corrected chi connectivity index (χ0v) is 12.6. The molecule has 0 radical (unpaired) electrons. The van der Waals surface area contributed by atoms with Gasteiger partial charge in [0.25, 0.3) is 0 Å². The number of carbonyl (C=O) groups is 2. The van der Waals surface area contributed by atoms with Gasteiger partial charge in [-0.05, 0) is 45.6 Å². The summed E-state index contributed by atoms with van der Waals surface area (Å²) in [6.07, 6.45) is 0. The average molecular weight is 355 g/mol. The first-order chi connectivity index (χ1) is 9.49. The van der Waals surface area contributed by atoms with Gasteiger partial charge < -0.3 is 16.2 Å². The van der Waals surface area contributed by atoms with E-state index in [0.717, 1.165) is 0 Å². The second kappa shape index (κ2) is 6.06. The number of nitrogens with one attached hydrogen (secondary N) is 1. The maximum atomic E-state index is 11.3. The minimum Gasteiger partial charge on any atom is -0.479 e. The summed E-state index contributed by atoms with van der Waals surface area (Å²) in [5.41, 5.74) is 6.14. The summed E-state index contributed by atoms with van der Waals surface area (Å²) in [6.45, 7) is 0. The minimum atomic E-state index is -0.970. The van der Waals surface area contributed by atoms with Crippen LogP contribution in [0.5, 0.6) is 0 Å². The smallest absolute Gasteiger partial charge is 0.331 e. The molecule has 20 heavy (non-hydrogen) atoms. The van der Waals surface area contributed by atoms with E-state index in [1.807, 2.05) is 5.38 Å². The zero-order chi connectivity index (χ0) is 14.7. The number of hydrogen-bond donors (Lipinski definition) is 3. The summed E-state index contributed by atoms with van der Waals surface area (Å²) >= 11 is 4.60. The lowest BCUT2D eigenvalue weighted by molar-refractivity contribution is -0.138. The molecule has 0 saturated heterocycles. The molecular weight excluding hydrogens is 344 g/mol. The number of halogens is 1. The van der Waals surface area contributed by atoms with Crippen molar-refractivity contribution in [3.05, 3.63) is 50.6 Å². The Balaban J connectivity index is 2.26. The SMILES string of the molecule is NC(=O)c1ccc(NC(C(=O)O)c2cccs2)cc1Br. The second-order valence-electron chi connectivity index (χ2n) is 3.99. The fourth-order valence-corrected chi connectivity index (χ4v) is 3.02. The minimum absolute atomic E-state index is 0.346. The van der Waals surface area contributed by atoms with Crippen LogP contribution in [0.25, 0.3) is 0 Å². The van der Waals surface area contributed by atoms with Crippen LogP contribution in [0.2, 0.25) is 0 Å². The van der Waals surface area contributed by atoms with E-state index in [-0.39, 0.29) is 0 Å². The van der Waals surface area contributed by atoms with E-state index in [0.29, 0.717) is 20.6 Å². The van der Waals surface area contributed by atoms with E-state index in [9.17, 15) is 14.7 Å². The number of amides is 1. The highest BCUT2D eigenvalue weighted by Gasteiger charge is 2.21. The van der Waals surface area contributed by atoms with Crippen molar-refractivity contribution in [2.24, 2.45) is 5.73 Å². The summed E-state index contributed by atoms with van der Waals surface area (Å²) in [4.78, 5) is 23.2. The highest BCUT2D eigenvalue weighted by Crippen LogP contribution is 2.27. The third kappa shape index (κ3) is 3.17. The molecule has 0 spiro atoms. The van der Waals surface area contributed by atoms with Gasteiger partial charge in [-0.2, -0.15) is 0 Å². The molecule has 0 saturated carbocycles. The Morgan fingerprint density at radius 2 is 2.10 bits per heavy atom. The van der Waals surface area contributed by atoms with Gasteiger partial charge in [-0.3, -0.25) is 4.79 Å². The van der Waals surface area contributed by atoms with Crippen LogP contribution >= 0.6 is 27.3 Å². The molecule has 2 rings (SSSR count). The molecule has 0 fully saturated rings. The predicted octanol–water partition coefficient (Wildman–Crippen LogP) is 2.85. The molecule has 0 bridgehead atoms. The number of anilines is 1. The lowest BCUT2D eigenvalue weighted by atomic mass is 10.1. The van der Waals surface area contributed by atoms with E-state index in [4.69, 9.17) is 5.73 Å².